The lowest BCUT2D eigenvalue weighted by Gasteiger charge is -2.45. The highest BCUT2D eigenvalue weighted by molar-refractivity contribution is 5.79. The Morgan fingerprint density at radius 1 is 1.17 bits per heavy atom. The van der Waals surface area contributed by atoms with Crippen molar-refractivity contribution in [2.75, 3.05) is 6.79 Å². The smallest absolute Gasteiger partial charge is 0.231 e. The average molecular weight is 316 g/mol. The minimum atomic E-state index is 0.0984. The Hall–Kier alpha value is -1.75. The van der Waals surface area contributed by atoms with E-state index in [0.29, 0.717) is 30.3 Å². The van der Waals surface area contributed by atoms with E-state index in [1.54, 1.807) is 0 Å². The van der Waals surface area contributed by atoms with Crippen LogP contribution in [0.5, 0.6) is 11.5 Å². The summed E-state index contributed by atoms with van der Waals surface area (Å²) in [5.41, 5.74) is 7.12. The van der Waals surface area contributed by atoms with Crippen LogP contribution in [0.4, 0.5) is 0 Å². The van der Waals surface area contributed by atoms with Crippen LogP contribution in [-0.4, -0.2) is 24.8 Å². The maximum absolute atomic E-state index is 12.5. The Morgan fingerprint density at radius 2 is 1.91 bits per heavy atom. The summed E-state index contributed by atoms with van der Waals surface area (Å²) in [5.74, 6) is 2.69. The number of nitrogens with two attached hydrogens (primary N) is 1. The minimum absolute atomic E-state index is 0.0984. The third-order valence-electron chi connectivity index (χ3n) is 5.51. The van der Waals surface area contributed by atoms with Crippen LogP contribution in [0.15, 0.2) is 18.2 Å². The van der Waals surface area contributed by atoms with Gasteiger partial charge in [0.15, 0.2) is 11.5 Å². The number of fused-ring (bicyclic) bond motifs is 3. The van der Waals surface area contributed by atoms with Crippen molar-refractivity contribution in [2.24, 2.45) is 17.6 Å². The standard InChI is InChI=1S/C18H24N2O3/c19-14-8-12-2-1-3-13(9-14)18(12)20-17(21)7-11-4-5-15-16(6-11)23-10-22-15/h4-6,12-14,18H,1-3,7-10,19H2,(H,20,21). The fourth-order valence-electron chi connectivity index (χ4n) is 4.50. The van der Waals surface area contributed by atoms with E-state index in [4.69, 9.17) is 15.2 Å². The maximum atomic E-state index is 12.5. The molecule has 1 aromatic rings. The quantitative estimate of drug-likeness (QED) is 0.894. The lowest BCUT2D eigenvalue weighted by molar-refractivity contribution is -0.122. The number of benzene rings is 1. The SMILES string of the molecule is NC1CC2CCCC(C1)C2NC(=O)Cc1ccc2c(c1)OCO2. The molecular weight excluding hydrogens is 292 g/mol. The second-order valence-electron chi connectivity index (χ2n) is 7.14. The molecule has 0 saturated heterocycles. The largest absolute Gasteiger partial charge is 0.454 e. The fraction of sp³-hybridized carbons (Fsp3) is 0.611. The highest BCUT2D eigenvalue weighted by atomic mass is 16.7. The molecule has 0 aromatic heterocycles. The van der Waals surface area contributed by atoms with Crippen molar-refractivity contribution in [1.29, 1.82) is 0 Å². The molecule has 2 aliphatic carbocycles. The summed E-state index contributed by atoms with van der Waals surface area (Å²) >= 11 is 0. The molecule has 2 unspecified atom stereocenters. The van der Waals surface area contributed by atoms with Crippen LogP contribution < -0.4 is 20.5 Å². The zero-order chi connectivity index (χ0) is 15.8. The number of rotatable bonds is 3. The molecule has 0 radical (unpaired) electrons. The van der Waals surface area contributed by atoms with Gasteiger partial charge in [-0.3, -0.25) is 4.79 Å². The van der Waals surface area contributed by atoms with Crippen molar-refractivity contribution in [3.63, 3.8) is 0 Å². The lowest BCUT2D eigenvalue weighted by Crippen LogP contribution is -2.54. The summed E-state index contributed by atoms with van der Waals surface area (Å²) in [4.78, 5) is 12.5. The van der Waals surface area contributed by atoms with E-state index in [9.17, 15) is 4.79 Å². The second kappa shape index (κ2) is 6.04. The van der Waals surface area contributed by atoms with E-state index in [-0.39, 0.29) is 12.7 Å². The van der Waals surface area contributed by atoms with Gasteiger partial charge in [-0.15, -0.1) is 0 Å². The van der Waals surface area contributed by atoms with E-state index in [2.05, 4.69) is 5.32 Å². The zero-order valence-corrected chi connectivity index (χ0v) is 13.3. The zero-order valence-electron chi connectivity index (χ0n) is 13.3. The van der Waals surface area contributed by atoms with E-state index in [1.165, 1.54) is 19.3 Å². The molecule has 1 amide bonds. The van der Waals surface area contributed by atoms with Crippen LogP contribution in [0.1, 0.15) is 37.7 Å². The number of hydrogen-bond acceptors (Lipinski definition) is 4. The number of amides is 1. The molecule has 5 heteroatoms. The first-order valence-electron chi connectivity index (χ1n) is 8.62. The Kier molecular flexibility index (Phi) is 3.89. The summed E-state index contributed by atoms with van der Waals surface area (Å²) < 4.78 is 10.7. The van der Waals surface area contributed by atoms with E-state index in [0.717, 1.165) is 29.9 Å². The molecule has 2 saturated carbocycles. The van der Waals surface area contributed by atoms with Crippen LogP contribution in [0, 0.1) is 11.8 Å². The van der Waals surface area contributed by atoms with E-state index < -0.39 is 0 Å². The van der Waals surface area contributed by atoms with Gasteiger partial charge in [-0.1, -0.05) is 12.5 Å². The first kappa shape index (κ1) is 14.8. The average Bonchev–Trinajstić information content (AvgIpc) is 2.95. The summed E-state index contributed by atoms with van der Waals surface area (Å²) in [6.07, 6.45) is 6.14. The number of carbonyl (C=O) groups is 1. The van der Waals surface area contributed by atoms with Gasteiger partial charge in [0.2, 0.25) is 12.7 Å². The lowest BCUT2D eigenvalue weighted by atomic mass is 9.67. The molecule has 4 rings (SSSR count). The highest BCUT2D eigenvalue weighted by Crippen LogP contribution is 2.39. The normalized spacial score (nSPS) is 31.7. The van der Waals surface area contributed by atoms with Crippen LogP contribution in [-0.2, 0) is 11.2 Å². The van der Waals surface area contributed by atoms with Crippen molar-refractivity contribution in [3.05, 3.63) is 23.8 Å². The molecule has 0 spiro atoms. The molecule has 2 bridgehead atoms. The van der Waals surface area contributed by atoms with Gasteiger partial charge in [-0.25, -0.2) is 0 Å². The molecular formula is C18H24N2O3. The van der Waals surface area contributed by atoms with Crippen molar-refractivity contribution >= 4 is 5.91 Å². The Morgan fingerprint density at radius 3 is 2.70 bits per heavy atom. The van der Waals surface area contributed by atoms with Crippen molar-refractivity contribution in [2.45, 2.75) is 50.6 Å². The monoisotopic (exact) mass is 316 g/mol. The van der Waals surface area contributed by atoms with Gasteiger partial charge in [0.25, 0.3) is 0 Å². The van der Waals surface area contributed by atoms with Gasteiger partial charge in [0, 0.05) is 12.1 Å². The van der Waals surface area contributed by atoms with Crippen LogP contribution in [0.3, 0.4) is 0 Å². The van der Waals surface area contributed by atoms with E-state index in [1.807, 2.05) is 18.2 Å². The summed E-state index contributed by atoms with van der Waals surface area (Å²) in [6.45, 7) is 0.261. The predicted molar refractivity (Wildman–Crippen MR) is 86.2 cm³/mol. The topological polar surface area (TPSA) is 73.6 Å². The predicted octanol–water partition coefficient (Wildman–Crippen LogP) is 1.98. The van der Waals surface area contributed by atoms with E-state index >= 15 is 0 Å². The summed E-state index contributed by atoms with van der Waals surface area (Å²) in [7, 11) is 0. The van der Waals surface area contributed by atoms with Gasteiger partial charge in [-0.05, 0) is 55.2 Å². The van der Waals surface area contributed by atoms with Crippen LogP contribution in [0.2, 0.25) is 0 Å². The Bertz CT molecular complexity index is 590. The molecule has 5 nitrogen and oxygen atoms in total. The first-order valence-corrected chi connectivity index (χ1v) is 8.62. The number of hydrogen-bond donors (Lipinski definition) is 2. The molecule has 1 heterocycles. The minimum Gasteiger partial charge on any atom is -0.454 e. The number of carbonyl (C=O) groups excluding carboxylic acids is 1. The van der Waals surface area contributed by atoms with Crippen molar-refractivity contribution < 1.29 is 14.3 Å². The van der Waals surface area contributed by atoms with Crippen molar-refractivity contribution in [3.8, 4) is 11.5 Å². The number of ether oxygens (including phenoxy) is 2. The van der Waals surface area contributed by atoms with Crippen LogP contribution in [0.25, 0.3) is 0 Å². The molecule has 2 fully saturated rings. The Labute approximate surface area is 136 Å². The summed E-state index contributed by atoms with van der Waals surface area (Å²) in [6, 6.07) is 6.33. The van der Waals surface area contributed by atoms with Gasteiger partial charge < -0.3 is 20.5 Å². The van der Waals surface area contributed by atoms with Gasteiger partial charge in [-0.2, -0.15) is 0 Å². The molecule has 1 aromatic carbocycles. The molecule has 3 N–H and O–H groups in total. The molecule has 3 aliphatic rings. The van der Waals surface area contributed by atoms with Gasteiger partial charge >= 0.3 is 0 Å². The molecule has 1 aliphatic heterocycles. The van der Waals surface area contributed by atoms with Gasteiger partial charge in [0.05, 0.1) is 6.42 Å². The molecule has 2 atom stereocenters. The first-order chi connectivity index (χ1) is 11.2. The number of nitrogens with one attached hydrogen (secondary N) is 1. The van der Waals surface area contributed by atoms with Gasteiger partial charge in [0.1, 0.15) is 0 Å². The highest BCUT2D eigenvalue weighted by Gasteiger charge is 2.39. The summed E-state index contributed by atoms with van der Waals surface area (Å²) in [5, 5.41) is 3.29. The molecule has 23 heavy (non-hydrogen) atoms. The Balaban J connectivity index is 1.40. The second-order valence-corrected chi connectivity index (χ2v) is 7.14. The third-order valence-corrected chi connectivity index (χ3v) is 5.51. The third kappa shape index (κ3) is 3.02. The fourth-order valence-corrected chi connectivity index (χ4v) is 4.50. The van der Waals surface area contributed by atoms with Crippen molar-refractivity contribution in [1.82, 2.24) is 5.32 Å². The van der Waals surface area contributed by atoms with Crippen LogP contribution >= 0.6 is 0 Å². The molecule has 124 valence electrons. The maximum Gasteiger partial charge on any atom is 0.231 e.